The molecule has 0 radical (unpaired) electrons. The van der Waals surface area contributed by atoms with Crippen molar-refractivity contribution in [2.75, 3.05) is 0 Å². The van der Waals surface area contributed by atoms with Crippen LogP contribution in [-0.2, 0) is 21.3 Å². The number of ketones is 1. The van der Waals surface area contributed by atoms with Crippen molar-refractivity contribution in [3.63, 3.8) is 0 Å². The minimum atomic E-state index is -0.103. The van der Waals surface area contributed by atoms with Crippen molar-refractivity contribution in [3.8, 4) is 0 Å². The Kier molecular flexibility index (Phi) is 8.79. The van der Waals surface area contributed by atoms with Crippen molar-refractivity contribution in [3.05, 3.63) is 260 Å². The molecule has 0 amide bonds. The van der Waals surface area contributed by atoms with E-state index in [-0.39, 0.29) is 28.3 Å². The van der Waals surface area contributed by atoms with E-state index in [1.165, 1.54) is 0 Å². The van der Waals surface area contributed by atoms with Gasteiger partial charge in [0.2, 0.25) is 0 Å². The minimum absolute atomic E-state index is 0. The van der Waals surface area contributed by atoms with Crippen LogP contribution < -0.4 is 31.4 Å². The van der Waals surface area contributed by atoms with Crippen LogP contribution in [0.4, 0.5) is 0 Å². The number of rotatable bonds is 4. The number of aromatic nitrogens is 3. The molecule has 2 aliphatic heterocycles. The molecule has 0 fully saturated rings. The maximum atomic E-state index is 12.4. The first kappa shape index (κ1) is 33.6. The van der Waals surface area contributed by atoms with Crippen LogP contribution in [-0.4, -0.2) is 16.5 Å². The molecule has 4 aromatic carbocycles. The Balaban J connectivity index is 0.00000422. The first-order valence-corrected chi connectivity index (χ1v) is 18.2. The van der Waals surface area contributed by atoms with E-state index < -0.39 is 0 Å². The molecule has 8 bridgehead atoms. The van der Waals surface area contributed by atoms with E-state index in [0.717, 1.165) is 77.6 Å². The fraction of sp³-hybridized carbons (Fsp3) is 0. The number of nitrogens with zero attached hydrogens (tertiary/aromatic N) is 3. The summed E-state index contributed by atoms with van der Waals surface area (Å²) in [6, 6.07) is 53.4. The van der Waals surface area contributed by atoms with E-state index in [1.54, 1.807) is 24.3 Å². The molecule has 0 saturated carbocycles. The van der Waals surface area contributed by atoms with E-state index in [9.17, 15) is 6.17 Å². The Hall–Kier alpha value is -7.01. The van der Waals surface area contributed by atoms with Crippen LogP contribution in [0.25, 0.3) is 22.3 Å². The van der Waals surface area contributed by atoms with E-state index in [0.29, 0.717) is 22.3 Å². The summed E-state index contributed by atoms with van der Waals surface area (Å²) in [5.74, 6) is -0.103. The third-order valence-corrected chi connectivity index (χ3v) is 10.1. The van der Waals surface area contributed by atoms with Gasteiger partial charge in [0.05, 0.1) is 12.8 Å². The normalized spacial score (nSPS) is 19.2. The van der Waals surface area contributed by atoms with Gasteiger partial charge in [0.15, 0.2) is 5.78 Å². The second-order valence-electron chi connectivity index (χ2n) is 13.5. The van der Waals surface area contributed by atoms with E-state index in [2.05, 4.69) is 65.6 Å². The first-order chi connectivity index (χ1) is 27.6. The third-order valence-electron chi connectivity index (χ3n) is 10.1. The molecule has 0 unspecified atom stereocenters. The van der Waals surface area contributed by atoms with Gasteiger partial charge in [-0.05, 0) is 80.5 Å². The molecule has 6 heteroatoms. The number of allylic oxidation sites excluding steroid dienone is 8. The van der Waals surface area contributed by atoms with Gasteiger partial charge in [-0.15, -0.1) is 21.4 Å². The van der Waals surface area contributed by atoms with Gasteiger partial charge in [-0.25, -0.2) is 4.99 Å². The Labute approximate surface area is 334 Å². The smallest absolute Gasteiger partial charge is 0.657 e. The maximum Gasteiger partial charge on any atom is 2.00 e. The number of carbonyl (C=O) groups excluding carboxylic acids is 1. The Bertz CT molecular complexity index is 3110. The number of fused-ring (bicyclic) bond motifs is 7. The zero-order valence-electron chi connectivity index (χ0n) is 30.9. The molecule has 5 heterocycles. The van der Waals surface area contributed by atoms with E-state index >= 15 is 0 Å². The van der Waals surface area contributed by atoms with Crippen molar-refractivity contribution in [2.24, 2.45) is 4.99 Å². The van der Waals surface area contributed by atoms with Crippen LogP contribution in [0.5, 0.6) is 0 Å². The summed E-state index contributed by atoms with van der Waals surface area (Å²) in [5.41, 5.74) is 11.5. The summed E-state index contributed by atoms with van der Waals surface area (Å²) in [6.07, 6.45) is 6.65. The van der Waals surface area contributed by atoms with Gasteiger partial charge in [0, 0.05) is 17.0 Å². The number of hydrogen-bond acceptors (Lipinski definition) is 2. The van der Waals surface area contributed by atoms with Gasteiger partial charge in [-0.3, -0.25) is 4.79 Å². The molecule has 1 N–H and O–H groups in total. The second kappa shape index (κ2) is 14.7. The molecular weight excluding hydrogens is 731 g/mol. The van der Waals surface area contributed by atoms with Gasteiger partial charge in [-0.2, -0.15) is 0 Å². The average Bonchev–Trinajstić information content (AvgIpc) is 4.07. The van der Waals surface area contributed by atoms with Gasteiger partial charge in [0.25, 0.3) is 0 Å². The zero-order valence-corrected chi connectivity index (χ0v) is 30.9. The van der Waals surface area contributed by atoms with Crippen LogP contribution in [0.1, 0.15) is 35.0 Å². The molecule has 0 saturated heterocycles. The Morgan fingerprint density at radius 2 is 0.857 bits per heavy atom. The van der Waals surface area contributed by atoms with Crippen LogP contribution in [0.2, 0.25) is 0 Å². The summed E-state index contributed by atoms with van der Waals surface area (Å²) in [5, 5.41) is 3.00. The predicted octanol–water partition coefficient (Wildman–Crippen LogP) is 6.16. The predicted molar refractivity (Wildman–Crippen MR) is 219 cm³/mol. The standard InChI is InChI=1S/C50H33N4O.Ni/c55-37-23-21-32(22-24-37)38-31-45-48(35-17-9-3-10-18-35)43-28-27-41(52-43)46(33-13-5-1-6-14-33)39-25-26-40(51-39)47(34-15-7-2-8-16-34)42-29-30-44(53-42)49(50(38)54-45)36-19-11-4-12-20-36;/h1-31H,(H2-,51,52,53,54,55);/q-1;+2/p-1/b46-39?,46-41-,47-40?,47-42-,48-43-,48-45?,49-44-,50-49?;/i31D;. The number of carbonyl (C=O) groups is 1. The van der Waals surface area contributed by atoms with Crippen LogP contribution in [0, 0.1) is 0 Å². The number of H-pyrrole nitrogens is 1. The molecule has 10 rings (SSSR count). The summed E-state index contributed by atoms with van der Waals surface area (Å²) in [4.78, 5) is 32.4. The topological polar surface area (TPSA) is 73.4 Å². The monoisotopic (exact) mass is 763 g/mol. The van der Waals surface area contributed by atoms with Crippen molar-refractivity contribution < 1.29 is 22.7 Å². The summed E-state index contributed by atoms with van der Waals surface area (Å²) in [7, 11) is 0. The summed E-state index contributed by atoms with van der Waals surface area (Å²) in [6.45, 7) is 0. The molecule has 0 atom stereocenters. The van der Waals surface area contributed by atoms with Crippen molar-refractivity contribution in [1.82, 2.24) is 15.0 Å². The van der Waals surface area contributed by atoms with Crippen LogP contribution >= 0.6 is 0 Å². The molecule has 3 aromatic heterocycles. The fourth-order valence-electron chi connectivity index (χ4n) is 7.58. The maximum absolute atomic E-state index is 12.4. The third kappa shape index (κ3) is 6.26. The zero-order chi connectivity index (χ0) is 37.6. The number of nitrogens with one attached hydrogen (secondary N) is 1. The molecule has 5 nitrogen and oxygen atoms in total. The quantitative estimate of drug-likeness (QED) is 0.219. The Morgan fingerprint density at radius 1 is 0.464 bits per heavy atom. The second-order valence-corrected chi connectivity index (χ2v) is 13.5. The van der Waals surface area contributed by atoms with Gasteiger partial charge in [-0.1, -0.05) is 158 Å². The molecule has 7 aromatic rings. The van der Waals surface area contributed by atoms with Gasteiger partial charge >= 0.3 is 16.5 Å². The molecule has 56 heavy (non-hydrogen) atoms. The van der Waals surface area contributed by atoms with E-state index in [4.69, 9.17) is 15.0 Å². The van der Waals surface area contributed by atoms with Crippen molar-refractivity contribution in [1.29, 1.82) is 0 Å². The van der Waals surface area contributed by atoms with Crippen molar-refractivity contribution >= 4 is 33.8 Å². The molecule has 268 valence electrons. The minimum Gasteiger partial charge on any atom is -0.657 e. The van der Waals surface area contributed by atoms with Gasteiger partial charge < -0.3 is 15.0 Å². The summed E-state index contributed by atoms with van der Waals surface area (Å²) >= 11 is 0. The average molecular weight is 765 g/mol. The van der Waals surface area contributed by atoms with Gasteiger partial charge in [0.1, 0.15) is 0 Å². The number of hydrogen-bond donors (Lipinski definition) is 1. The van der Waals surface area contributed by atoms with Crippen LogP contribution in [0.3, 0.4) is 0 Å². The molecular formula is C50H32N4NiO. The largest absolute Gasteiger partial charge is 2.00 e. The fourth-order valence-corrected chi connectivity index (χ4v) is 7.58. The number of aromatic amines is 1. The first-order valence-electron chi connectivity index (χ1n) is 18.7. The molecule has 1 aliphatic carbocycles. The Morgan fingerprint density at radius 3 is 1.32 bits per heavy atom. The summed E-state index contributed by atoms with van der Waals surface area (Å²) < 4.78 is 9.97. The number of aliphatic imine (C=N–C) groups is 1. The SMILES string of the molecule is [2H]C1=C2N=C(C1=C1C=CC(=O)C=C1)/C(c1ccccc1)=c1/cc/c([n-]1)=C(\c1ccccc1)c1ccc([nH]1)/C(c1ccccc1)=c1/cc/c([n-]1)=C/2c1ccccc1.[Ni+2]. The molecule has 3 aliphatic rings. The van der Waals surface area contributed by atoms with Crippen LogP contribution in [0.15, 0.2) is 210 Å². The van der Waals surface area contributed by atoms with E-state index in [1.807, 2.05) is 97.1 Å². The van der Waals surface area contributed by atoms with Crippen molar-refractivity contribution in [2.45, 2.75) is 0 Å². The number of benzene rings is 4. The molecule has 0 spiro atoms.